The van der Waals surface area contributed by atoms with E-state index < -0.39 is 21.9 Å². The number of carbonyl (C=O) groups excluding carboxylic acids is 1. The normalized spacial score (nSPS) is 11.0. The van der Waals surface area contributed by atoms with Gasteiger partial charge in [0.25, 0.3) is 5.91 Å². The van der Waals surface area contributed by atoms with Crippen LogP contribution < -0.4 is 10.0 Å². The van der Waals surface area contributed by atoms with Crippen LogP contribution in [0.4, 0.5) is 11.4 Å². The summed E-state index contributed by atoms with van der Waals surface area (Å²) >= 11 is 1.02. The number of aromatic carboxylic acids is 1. The highest BCUT2D eigenvalue weighted by atomic mass is 32.2. The molecule has 0 aliphatic heterocycles. The van der Waals surface area contributed by atoms with Crippen molar-refractivity contribution >= 4 is 44.6 Å². The van der Waals surface area contributed by atoms with Crippen molar-refractivity contribution in [2.75, 3.05) is 16.3 Å². The first-order valence-corrected chi connectivity index (χ1v) is 8.73. The van der Waals surface area contributed by atoms with E-state index >= 15 is 0 Å². The third-order valence-electron chi connectivity index (χ3n) is 2.49. The second-order valence-electron chi connectivity index (χ2n) is 4.41. The van der Waals surface area contributed by atoms with Crippen molar-refractivity contribution in [1.29, 1.82) is 0 Å². The molecule has 7 nitrogen and oxygen atoms in total. The molecular formula is C13H12N2O5S2. The number of hydrogen-bond acceptors (Lipinski definition) is 5. The van der Waals surface area contributed by atoms with Crippen molar-refractivity contribution in [2.24, 2.45) is 0 Å². The number of hydrogen-bond donors (Lipinski definition) is 3. The quantitative estimate of drug-likeness (QED) is 0.771. The molecule has 0 radical (unpaired) electrons. The number of nitrogens with one attached hydrogen (secondary N) is 2. The van der Waals surface area contributed by atoms with Gasteiger partial charge in [-0.05, 0) is 24.3 Å². The van der Waals surface area contributed by atoms with E-state index in [-0.39, 0.29) is 10.4 Å². The molecule has 22 heavy (non-hydrogen) atoms. The SMILES string of the molecule is CS(=O)(=O)Nc1cccc(NC(=O)c2cc(C(=O)O)cs2)c1. The number of benzene rings is 1. The molecular weight excluding hydrogens is 328 g/mol. The zero-order valence-corrected chi connectivity index (χ0v) is 13.0. The smallest absolute Gasteiger partial charge is 0.336 e. The first-order valence-electron chi connectivity index (χ1n) is 5.95. The van der Waals surface area contributed by atoms with E-state index in [2.05, 4.69) is 10.0 Å². The van der Waals surface area contributed by atoms with Crippen molar-refractivity contribution in [2.45, 2.75) is 0 Å². The molecule has 1 amide bonds. The van der Waals surface area contributed by atoms with E-state index in [9.17, 15) is 18.0 Å². The number of amides is 1. The third kappa shape index (κ3) is 4.30. The monoisotopic (exact) mass is 340 g/mol. The maximum Gasteiger partial charge on any atom is 0.336 e. The Morgan fingerprint density at radius 2 is 1.86 bits per heavy atom. The molecule has 9 heteroatoms. The summed E-state index contributed by atoms with van der Waals surface area (Å²) in [6.07, 6.45) is 1.03. The molecule has 0 aliphatic rings. The molecule has 2 aromatic rings. The summed E-state index contributed by atoms with van der Waals surface area (Å²) in [5.41, 5.74) is 0.754. The molecule has 116 valence electrons. The molecule has 1 aromatic heterocycles. The second kappa shape index (κ2) is 6.16. The fourth-order valence-corrected chi connectivity index (χ4v) is 2.97. The Morgan fingerprint density at radius 1 is 1.18 bits per heavy atom. The number of carbonyl (C=O) groups is 2. The lowest BCUT2D eigenvalue weighted by Gasteiger charge is -2.07. The molecule has 0 fully saturated rings. The van der Waals surface area contributed by atoms with Crippen LogP contribution in [0.3, 0.4) is 0 Å². The maximum absolute atomic E-state index is 12.0. The molecule has 2 rings (SSSR count). The highest BCUT2D eigenvalue weighted by Crippen LogP contribution is 2.19. The molecule has 1 heterocycles. The first kappa shape index (κ1) is 16.0. The number of carboxylic acids is 1. The van der Waals surface area contributed by atoms with E-state index in [1.165, 1.54) is 17.5 Å². The Labute approximate surface area is 130 Å². The number of thiophene rings is 1. The topological polar surface area (TPSA) is 113 Å². The van der Waals surface area contributed by atoms with E-state index in [0.717, 1.165) is 17.6 Å². The number of sulfonamides is 1. The van der Waals surface area contributed by atoms with Crippen LogP contribution in [-0.2, 0) is 10.0 Å². The lowest BCUT2D eigenvalue weighted by atomic mass is 10.2. The van der Waals surface area contributed by atoms with Crippen molar-refractivity contribution in [3.63, 3.8) is 0 Å². The van der Waals surface area contributed by atoms with Gasteiger partial charge in [0.05, 0.1) is 22.4 Å². The molecule has 0 unspecified atom stereocenters. The molecule has 0 saturated heterocycles. The number of carboxylic acid groups (broad SMARTS) is 1. The number of rotatable bonds is 5. The molecule has 0 spiro atoms. The average Bonchev–Trinajstić information content (AvgIpc) is 2.86. The van der Waals surface area contributed by atoms with Crippen LogP contribution in [0.5, 0.6) is 0 Å². The minimum absolute atomic E-state index is 0.0441. The van der Waals surface area contributed by atoms with E-state index in [1.54, 1.807) is 18.2 Å². The summed E-state index contributed by atoms with van der Waals surface area (Å²) in [5, 5.41) is 12.8. The predicted molar refractivity (Wildman–Crippen MR) is 84.1 cm³/mol. The largest absolute Gasteiger partial charge is 0.478 e. The van der Waals surface area contributed by atoms with Crippen LogP contribution in [-0.4, -0.2) is 31.7 Å². The van der Waals surface area contributed by atoms with Gasteiger partial charge in [-0.25, -0.2) is 13.2 Å². The van der Waals surface area contributed by atoms with Gasteiger partial charge in [-0.1, -0.05) is 6.07 Å². The van der Waals surface area contributed by atoms with Gasteiger partial charge in [-0.2, -0.15) is 0 Å². The van der Waals surface area contributed by atoms with Gasteiger partial charge in [-0.3, -0.25) is 9.52 Å². The summed E-state index contributed by atoms with van der Waals surface area (Å²) in [6.45, 7) is 0. The highest BCUT2D eigenvalue weighted by Gasteiger charge is 2.13. The first-order chi connectivity index (χ1) is 10.2. The van der Waals surface area contributed by atoms with Crippen LogP contribution >= 0.6 is 11.3 Å². The van der Waals surface area contributed by atoms with Gasteiger partial charge in [0.15, 0.2) is 0 Å². The van der Waals surface area contributed by atoms with E-state index in [0.29, 0.717) is 11.4 Å². The van der Waals surface area contributed by atoms with E-state index in [1.807, 2.05) is 0 Å². The minimum Gasteiger partial charge on any atom is -0.478 e. The van der Waals surface area contributed by atoms with Crippen molar-refractivity contribution in [1.82, 2.24) is 0 Å². The van der Waals surface area contributed by atoms with Crippen LogP contribution in [0.1, 0.15) is 20.0 Å². The van der Waals surface area contributed by atoms with Crippen LogP contribution in [0.2, 0.25) is 0 Å². The van der Waals surface area contributed by atoms with Gasteiger partial charge < -0.3 is 10.4 Å². The summed E-state index contributed by atoms with van der Waals surface area (Å²) in [5.74, 6) is -1.57. The maximum atomic E-state index is 12.0. The minimum atomic E-state index is -3.41. The Hall–Kier alpha value is -2.39. The Kier molecular flexibility index (Phi) is 4.48. The van der Waals surface area contributed by atoms with Gasteiger partial charge in [0.2, 0.25) is 10.0 Å². The van der Waals surface area contributed by atoms with Crippen LogP contribution in [0.15, 0.2) is 35.7 Å². The lowest BCUT2D eigenvalue weighted by molar-refractivity contribution is 0.0697. The Bertz CT molecular complexity index is 826. The molecule has 0 saturated carbocycles. The van der Waals surface area contributed by atoms with Gasteiger partial charge >= 0.3 is 5.97 Å². The second-order valence-corrected chi connectivity index (χ2v) is 7.07. The lowest BCUT2D eigenvalue weighted by Crippen LogP contribution is -2.12. The van der Waals surface area contributed by atoms with E-state index in [4.69, 9.17) is 5.11 Å². The fourth-order valence-electron chi connectivity index (χ4n) is 1.63. The third-order valence-corrected chi connectivity index (χ3v) is 4.03. The summed E-state index contributed by atoms with van der Waals surface area (Å²) in [4.78, 5) is 23.0. The van der Waals surface area contributed by atoms with Crippen molar-refractivity contribution < 1.29 is 23.1 Å². The highest BCUT2D eigenvalue weighted by molar-refractivity contribution is 7.92. The molecule has 1 aromatic carbocycles. The molecule has 0 atom stereocenters. The zero-order valence-electron chi connectivity index (χ0n) is 11.4. The van der Waals surface area contributed by atoms with Gasteiger partial charge in [0.1, 0.15) is 0 Å². The zero-order chi connectivity index (χ0) is 16.3. The fraction of sp³-hybridized carbons (Fsp3) is 0.0769. The van der Waals surface area contributed by atoms with Gasteiger partial charge in [-0.15, -0.1) is 11.3 Å². The Balaban J connectivity index is 2.14. The van der Waals surface area contributed by atoms with Crippen molar-refractivity contribution in [3.05, 3.63) is 46.2 Å². The molecule has 0 aliphatic carbocycles. The van der Waals surface area contributed by atoms with Crippen molar-refractivity contribution in [3.8, 4) is 0 Å². The summed E-state index contributed by atoms with van der Waals surface area (Å²) in [6, 6.07) is 7.47. The summed E-state index contributed by atoms with van der Waals surface area (Å²) < 4.78 is 24.6. The van der Waals surface area contributed by atoms with Crippen LogP contribution in [0, 0.1) is 0 Å². The molecule has 0 bridgehead atoms. The standard InChI is InChI=1S/C13H12N2O5S2/c1-22(19,20)15-10-4-2-3-9(6-10)14-12(16)11-5-8(7-21-11)13(17)18/h2-7,15H,1H3,(H,14,16)(H,17,18). The van der Waals surface area contributed by atoms with Gasteiger partial charge in [0, 0.05) is 11.1 Å². The number of anilines is 2. The molecule has 3 N–H and O–H groups in total. The summed E-state index contributed by atoms with van der Waals surface area (Å²) in [7, 11) is -3.41. The average molecular weight is 340 g/mol. The predicted octanol–water partition coefficient (Wildman–Crippen LogP) is 2.07. The Morgan fingerprint density at radius 3 is 2.45 bits per heavy atom. The van der Waals surface area contributed by atoms with Crippen LogP contribution in [0.25, 0.3) is 0 Å².